The fourth-order valence-corrected chi connectivity index (χ4v) is 4.57. The van der Waals surface area contributed by atoms with Gasteiger partial charge < -0.3 is 10.2 Å². The zero-order valence-electron chi connectivity index (χ0n) is 16.4. The van der Waals surface area contributed by atoms with Crippen LogP contribution in [0.5, 0.6) is 0 Å². The number of anilines is 1. The second-order valence-electron chi connectivity index (χ2n) is 8.47. The van der Waals surface area contributed by atoms with Gasteiger partial charge in [0, 0.05) is 38.3 Å². The number of rotatable bonds is 5. The Morgan fingerprint density at radius 1 is 1.10 bits per heavy atom. The van der Waals surface area contributed by atoms with E-state index in [-0.39, 0.29) is 22.7 Å². The number of hydrogen-bond acceptors (Lipinski definition) is 5. The average molecular weight is 406 g/mol. The van der Waals surface area contributed by atoms with Gasteiger partial charge in [-0.3, -0.25) is 14.8 Å². The summed E-state index contributed by atoms with van der Waals surface area (Å²) in [6.45, 7) is 5.33. The molecule has 0 bridgehead atoms. The third-order valence-electron chi connectivity index (χ3n) is 5.90. The maximum atomic E-state index is 13.4. The third-order valence-corrected chi connectivity index (χ3v) is 5.90. The van der Waals surface area contributed by atoms with Crippen LogP contribution in [0.3, 0.4) is 0 Å². The Morgan fingerprint density at radius 3 is 2.45 bits per heavy atom. The standard InChI is InChI=1S/C21H25F3N4O/c1-13-6-14(7-16(29)8-15-9-25-10-15)12-28(11-13)18-3-2-17(21(22,23)24)19-20(18)27-5-4-26-19/h2-5,13-15,25H,6-12H2,1H3/t13-,14-/m0/s1. The number of carbonyl (C=O) groups excluding carboxylic acids is 1. The van der Waals surface area contributed by atoms with E-state index in [0.717, 1.165) is 32.1 Å². The monoisotopic (exact) mass is 406 g/mol. The molecule has 29 heavy (non-hydrogen) atoms. The fraction of sp³-hybridized carbons (Fsp3) is 0.571. The molecule has 1 aromatic carbocycles. The van der Waals surface area contributed by atoms with Gasteiger partial charge in [0.25, 0.3) is 0 Å². The van der Waals surface area contributed by atoms with Gasteiger partial charge >= 0.3 is 6.18 Å². The number of fused-ring (bicyclic) bond motifs is 1. The molecule has 4 rings (SSSR count). The molecule has 1 aromatic heterocycles. The van der Waals surface area contributed by atoms with Crippen molar-refractivity contribution in [1.82, 2.24) is 15.3 Å². The number of carbonyl (C=O) groups is 1. The molecule has 0 spiro atoms. The van der Waals surface area contributed by atoms with Crippen molar-refractivity contribution in [2.45, 2.75) is 32.4 Å². The summed E-state index contributed by atoms with van der Waals surface area (Å²) in [4.78, 5) is 22.7. The summed E-state index contributed by atoms with van der Waals surface area (Å²) in [7, 11) is 0. The molecular weight excluding hydrogens is 381 g/mol. The molecular formula is C21H25F3N4O. The van der Waals surface area contributed by atoms with Crippen molar-refractivity contribution in [3.8, 4) is 0 Å². The summed E-state index contributed by atoms with van der Waals surface area (Å²) in [6.07, 6.45) is 0.334. The molecule has 0 amide bonds. The van der Waals surface area contributed by atoms with Crippen LogP contribution in [0.1, 0.15) is 31.7 Å². The smallest absolute Gasteiger partial charge is 0.369 e. The van der Waals surface area contributed by atoms with E-state index in [1.54, 1.807) is 0 Å². The number of benzene rings is 1. The Balaban J connectivity index is 1.57. The number of nitrogens with one attached hydrogen (secondary N) is 1. The number of piperidine rings is 1. The highest BCUT2D eigenvalue weighted by molar-refractivity contribution is 5.91. The molecule has 5 nitrogen and oxygen atoms in total. The van der Waals surface area contributed by atoms with Gasteiger partial charge in [0.1, 0.15) is 16.8 Å². The number of ketones is 1. The SMILES string of the molecule is C[C@H]1C[C@@H](CC(=O)CC2CNC2)CN(c2ccc(C(F)(F)F)c3nccnc23)C1. The summed E-state index contributed by atoms with van der Waals surface area (Å²) in [6, 6.07) is 2.59. The van der Waals surface area contributed by atoms with Gasteiger partial charge in [-0.2, -0.15) is 13.2 Å². The molecule has 2 aliphatic heterocycles. The number of nitrogens with zero attached hydrogens (tertiary/aromatic N) is 3. The molecule has 0 aliphatic carbocycles. The van der Waals surface area contributed by atoms with Gasteiger partial charge in [-0.25, -0.2) is 0 Å². The molecule has 156 valence electrons. The predicted molar refractivity (Wildman–Crippen MR) is 105 cm³/mol. The third kappa shape index (κ3) is 4.37. The molecule has 2 fully saturated rings. The lowest BCUT2D eigenvalue weighted by Crippen LogP contribution is -2.44. The largest absolute Gasteiger partial charge is 0.418 e. The molecule has 3 heterocycles. The van der Waals surface area contributed by atoms with Crippen molar-refractivity contribution in [2.24, 2.45) is 17.8 Å². The molecule has 0 saturated carbocycles. The first kappa shape index (κ1) is 20.1. The van der Waals surface area contributed by atoms with Crippen molar-refractivity contribution in [3.05, 3.63) is 30.1 Å². The number of alkyl halides is 3. The van der Waals surface area contributed by atoms with Crippen LogP contribution in [0.2, 0.25) is 0 Å². The van der Waals surface area contributed by atoms with E-state index in [4.69, 9.17) is 0 Å². The molecule has 2 atom stereocenters. The summed E-state index contributed by atoms with van der Waals surface area (Å²) < 4.78 is 40.1. The minimum atomic E-state index is -4.48. The van der Waals surface area contributed by atoms with Crippen LogP contribution >= 0.6 is 0 Å². The van der Waals surface area contributed by atoms with Gasteiger partial charge in [0.15, 0.2) is 0 Å². The topological polar surface area (TPSA) is 58.1 Å². The Morgan fingerprint density at radius 2 is 1.79 bits per heavy atom. The zero-order chi connectivity index (χ0) is 20.6. The summed E-state index contributed by atoms with van der Waals surface area (Å²) in [5, 5.41) is 3.18. The Kier molecular flexibility index (Phi) is 5.46. The van der Waals surface area contributed by atoms with Crippen LogP contribution in [0.25, 0.3) is 11.0 Å². The van der Waals surface area contributed by atoms with Gasteiger partial charge in [-0.15, -0.1) is 0 Å². The van der Waals surface area contributed by atoms with E-state index in [9.17, 15) is 18.0 Å². The maximum absolute atomic E-state index is 13.4. The average Bonchev–Trinajstić information content (AvgIpc) is 2.62. The van der Waals surface area contributed by atoms with E-state index in [0.29, 0.717) is 36.9 Å². The van der Waals surface area contributed by atoms with Crippen LogP contribution in [-0.2, 0) is 11.0 Å². The summed E-state index contributed by atoms with van der Waals surface area (Å²) >= 11 is 0. The quantitative estimate of drug-likeness (QED) is 0.821. The molecule has 0 radical (unpaired) electrons. The van der Waals surface area contributed by atoms with Crippen LogP contribution in [0, 0.1) is 17.8 Å². The normalized spacial score (nSPS) is 23.2. The van der Waals surface area contributed by atoms with E-state index in [1.807, 2.05) is 0 Å². The molecule has 8 heteroatoms. The van der Waals surface area contributed by atoms with Crippen molar-refractivity contribution in [2.75, 3.05) is 31.1 Å². The van der Waals surface area contributed by atoms with Gasteiger partial charge in [-0.1, -0.05) is 6.92 Å². The number of halogens is 3. The van der Waals surface area contributed by atoms with Crippen LogP contribution in [-0.4, -0.2) is 41.9 Å². The fourth-order valence-electron chi connectivity index (χ4n) is 4.57. The van der Waals surface area contributed by atoms with Crippen LogP contribution in [0.15, 0.2) is 24.5 Å². The highest BCUT2D eigenvalue weighted by atomic mass is 19.4. The lowest BCUT2D eigenvalue weighted by atomic mass is 9.84. The van der Waals surface area contributed by atoms with E-state index < -0.39 is 11.7 Å². The van der Waals surface area contributed by atoms with Gasteiger partial charge in [0.05, 0.1) is 11.3 Å². The van der Waals surface area contributed by atoms with Crippen LogP contribution < -0.4 is 10.2 Å². The maximum Gasteiger partial charge on any atom is 0.418 e. The number of aromatic nitrogens is 2. The molecule has 0 unspecified atom stereocenters. The van der Waals surface area contributed by atoms with Crippen molar-refractivity contribution in [3.63, 3.8) is 0 Å². The Hall–Kier alpha value is -2.22. The molecule has 1 N–H and O–H groups in total. The molecule has 2 aromatic rings. The minimum absolute atomic E-state index is 0.124. The summed E-state index contributed by atoms with van der Waals surface area (Å²) in [5.41, 5.74) is 0.0337. The van der Waals surface area contributed by atoms with Crippen molar-refractivity contribution < 1.29 is 18.0 Å². The van der Waals surface area contributed by atoms with E-state index in [1.165, 1.54) is 18.5 Å². The lowest BCUT2D eigenvalue weighted by Gasteiger charge is -2.38. The minimum Gasteiger partial charge on any atom is -0.369 e. The number of hydrogen-bond donors (Lipinski definition) is 1. The van der Waals surface area contributed by atoms with Gasteiger partial charge in [-0.05, 0) is 49.4 Å². The van der Waals surface area contributed by atoms with Crippen molar-refractivity contribution in [1.29, 1.82) is 0 Å². The molecule has 2 saturated heterocycles. The summed E-state index contributed by atoms with van der Waals surface area (Å²) in [5.74, 6) is 1.29. The molecule has 2 aliphatic rings. The Labute approximate surface area is 167 Å². The van der Waals surface area contributed by atoms with Gasteiger partial charge in [0.2, 0.25) is 0 Å². The second kappa shape index (κ2) is 7.89. The second-order valence-corrected chi connectivity index (χ2v) is 8.47. The Bertz CT molecular complexity index is 897. The first-order chi connectivity index (χ1) is 13.8. The van der Waals surface area contributed by atoms with E-state index >= 15 is 0 Å². The highest BCUT2D eigenvalue weighted by Gasteiger charge is 2.35. The van der Waals surface area contributed by atoms with Crippen molar-refractivity contribution >= 4 is 22.5 Å². The zero-order valence-corrected chi connectivity index (χ0v) is 16.4. The lowest BCUT2D eigenvalue weighted by molar-refractivity contribution is -0.136. The first-order valence-electron chi connectivity index (χ1n) is 10.1. The highest BCUT2D eigenvalue weighted by Crippen LogP contribution is 2.38. The predicted octanol–water partition coefficient (Wildman–Crippen LogP) is 3.68. The first-order valence-corrected chi connectivity index (χ1v) is 10.1. The van der Waals surface area contributed by atoms with Crippen LogP contribution in [0.4, 0.5) is 18.9 Å². The number of Topliss-reactive ketones (excluding diaryl/α,β-unsaturated/α-hetero) is 1. The van der Waals surface area contributed by atoms with E-state index in [2.05, 4.69) is 27.1 Å².